The number of hydrogen-bond donors (Lipinski definition) is 2. The van der Waals surface area contributed by atoms with Crippen LogP contribution < -0.4 is 5.73 Å². The molecule has 3 heteroatoms. The van der Waals surface area contributed by atoms with E-state index in [1.54, 1.807) is 0 Å². The van der Waals surface area contributed by atoms with Crippen LogP contribution in [0.4, 0.5) is 0 Å². The van der Waals surface area contributed by atoms with Crippen molar-refractivity contribution in [1.29, 1.82) is 0 Å². The minimum absolute atomic E-state index is 0.503. The Labute approximate surface area is 102 Å². The minimum atomic E-state index is 0.503. The second kappa shape index (κ2) is 5.32. The first-order valence-electron chi connectivity index (χ1n) is 6.43. The Kier molecular flexibility index (Phi) is 3.79. The quantitative estimate of drug-likeness (QED) is 0.829. The van der Waals surface area contributed by atoms with Crippen LogP contribution in [-0.2, 0) is 6.54 Å². The number of benzene rings is 1. The third kappa shape index (κ3) is 2.67. The van der Waals surface area contributed by atoms with Crippen LogP contribution in [0.3, 0.4) is 0 Å². The number of imidazole rings is 1. The zero-order valence-corrected chi connectivity index (χ0v) is 10.7. The number of H-pyrrole nitrogens is 1. The maximum Gasteiger partial charge on any atom is 0.110 e. The van der Waals surface area contributed by atoms with E-state index >= 15 is 0 Å². The zero-order chi connectivity index (χ0) is 12.3. The first kappa shape index (κ1) is 12.1. The molecule has 0 spiro atoms. The van der Waals surface area contributed by atoms with Crippen molar-refractivity contribution in [2.75, 3.05) is 0 Å². The van der Waals surface area contributed by atoms with Gasteiger partial charge in [0.05, 0.1) is 11.0 Å². The zero-order valence-electron chi connectivity index (χ0n) is 10.7. The van der Waals surface area contributed by atoms with Gasteiger partial charge in [-0.2, -0.15) is 0 Å². The van der Waals surface area contributed by atoms with Crippen molar-refractivity contribution < 1.29 is 0 Å². The van der Waals surface area contributed by atoms with E-state index in [1.807, 2.05) is 12.1 Å². The molecule has 0 saturated heterocycles. The van der Waals surface area contributed by atoms with Crippen molar-refractivity contribution >= 4 is 11.0 Å². The van der Waals surface area contributed by atoms with Gasteiger partial charge in [0.25, 0.3) is 0 Å². The number of nitrogens with one attached hydrogen (secondary N) is 1. The van der Waals surface area contributed by atoms with Crippen molar-refractivity contribution in [1.82, 2.24) is 9.97 Å². The van der Waals surface area contributed by atoms with E-state index in [1.165, 1.54) is 19.3 Å². The lowest BCUT2D eigenvalue weighted by Crippen LogP contribution is -1.95. The maximum absolute atomic E-state index is 5.64. The number of fused-ring (bicyclic) bond motifs is 1. The molecule has 0 aliphatic carbocycles. The van der Waals surface area contributed by atoms with Gasteiger partial charge in [0.2, 0.25) is 0 Å². The number of rotatable bonds is 5. The second-order valence-electron chi connectivity index (χ2n) is 4.72. The molecule has 0 aliphatic heterocycles. The third-order valence-corrected chi connectivity index (χ3v) is 3.26. The third-order valence-electron chi connectivity index (χ3n) is 3.26. The van der Waals surface area contributed by atoms with Crippen LogP contribution in [0.15, 0.2) is 18.2 Å². The van der Waals surface area contributed by atoms with Gasteiger partial charge in [0, 0.05) is 12.5 Å². The van der Waals surface area contributed by atoms with Crippen LogP contribution in [0.2, 0.25) is 0 Å². The molecule has 0 aliphatic rings. The number of hydrogen-bond acceptors (Lipinski definition) is 2. The van der Waals surface area contributed by atoms with Crippen LogP contribution in [0.1, 0.15) is 50.4 Å². The van der Waals surface area contributed by atoms with Gasteiger partial charge in [0.1, 0.15) is 5.82 Å². The Morgan fingerprint density at radius 3 is 2.94 bits per heavy atom. The molecule has 1 atom stereocenters. The average Bonchev–Trinajstić information content (AvgIpc) is 2.78. The molecule has 3 N–H and O–H groups in total. The number of aromatic amines is 1. The largest absolute Gasteiger partial charge is 0.342 e. The molecule has 0 radical (unpaired) electrons. The second-order valence-corrected chi connectivity index (χ2v) is 4.72. The topological polar surface area (TPSA) is 54.7 Å². The highest BCUT2D eigenvalue weighted by molar-refractivity contribution is 5.75. The summed E-state index contributed by atoms with van der Waals surface area (Å²) in [5.74, 6) is 1.60. The summed E-state index contributed by atoms with van der Waals surface area (Å²) in [5.41, 5.74) is 8.93. The maximum atomic E-state index is 5.64. The lowest BCUT2D eigenvalue weighted by Gasteiger charge is -2.06. The van der Waals surface area contributed by atoms with Gasteiger partial charge >= 0.3 is 0 Å². The van der Waals surface area contributed by atoms with Crippen molar-refractivity contribution in [3.63, 3.8) is 0 Å². The van der Waals surface area contributed by atoms with Crippen LogP contribution in [-0.4, -0.2) is 9.97 Å². The predicted molar refractivity (Wildman–Crippen MR) is 71.9 cm³/mol. The van der Waals surface area contributed by atoms with Crippen molar-refractivity contribution in [3.05, 3.63) is 29.6 Å². The number of aromatic nitrogens is 2. The molecule has 1 heterocycles. The van der Waals surface area contributed by atoms with Gasteiger partial charge in [0.15, 0.2) is 0 Å². The first-order chi connectivity index (χ1) is 8.24. The van der Waals surface area contributed by atoms with Crippen LogP contribution in [0, 0.1) is 0 Å². The molecule has 3 nitrogen and oxygen atoms in total. The molecule has 2 rings (SSSR count). The van der Waals surface area contributed by atoms with E-state index in [-0.39, 0.29) is 0 Å². The van der Waals surface area contributed by atoms with Crippen molar-refractivity contribution in [2.45, 2.75) is 45.6 Å². The Bertz CT molecular complexity index is 487. The molecule has 1 unspecified atom stereocenters. The monoisotopic (exact) mass is 231 g/mol. The number of nitrogens with two attached hydrogens (primary N) is 1. The van der Waals surface area contributed by atoms with Gasteiger partial charge < -0.3 is 10.7 Å². The van der Waals surface area contributed by atoms with Crippen LogP contribution in [0.25, 0.3) is 11.0 Å². The highest BCUT2D eigenvalue weighted by atomic mass is 14.9. The molecule has 1 aromatic heterocycles. The van der Waals surface area contributed by atoms with Crippen molar-refractivity contribution in [3.8, 4) is 0 Å². The molecule has 0 saturated carbocycles. The molecule has 2 aromatic rings. The molecule has 92 valence electrons. The van der Waals surface area contributed by atoms with E-state index < -0.39 is 0 Å². The van der Waals surface area contributed by atoms with Gasteiger partial charge in [-0.15, -0.1) is 0 Å². The van der Waals surface area contributed by atoms with E-state index in [4.69, 9.17) is 5.73 Å². The van der Waals surface area contributed by atoms with Crippen LogP contribution >= 0.6 is 0 Å². The van der Waals surface area contributed by atoms with Gasteiger partial charge in [-0.25, -0.2) is 4.98 Å². The molecular formula is C14H21N3. The Balaban J connectivity index is 2.24. The molecule has 0 fully saturated rings. The molecule has 0 bridgehead atoms. The van der Waals surface area contributed by atoms with E-state index in [0.29, 0.717) is 12.5 Å². The Morgan fingerprint density at radius 1 is 1.41 bits per heavy atom. The summed E-state index contributed by atoms with van der Waals surface area (Å²) in [6.07, 6.45) is 3.69. The van der Waals surface area contributed by atoms with Gasteiger partial charge in [-0.3, -0.25) is 0 Å². The Morgan fingerprint density at radius 2 is 2.24 bits per heavy atom. The fourth-order valence-corrected chi connectivity index (χ4v) is 2.08. The summed E-state index contributed by atoms with van der Waals surface area (Å²) in [6.45, 7) is 5.03. The molecule has 17 heavy (non-hydrogen) atoms. The number of nitrogens with zero attached hydrogens (tertiary/aromatic N) is 1. The minimum Gasteiger partial charge on any atom is -0.342 e. The standard InChI is InChI=1S/C14H21N3/c1-3-4-5-10(2)14-16-12-7-6-11(9-15)8-13(12)17-14/h6-8,10H,3-5,9,15H2,1-2H3,(H,16,17). The molecular weight excluding hydrogens is 210 g/mol. The summed E-state index contributed by atoms with van der Waals surface area (Å²) in [4.78, 5) is 8.06. The summed E-state index contributed by atoms with van der Waals surface area (Å²) >= 11 is 0. The fraction of sp³-hybridized carbons (Fsp3) is 0.500. The summed E-state index contributed by atoms with van der Waals surface area (Å²) < 4.78 is 0. The first-order valence-corrected chi connectivity index (χ1v) is 6.43. The van der Waals surface area contributed by atoms with E-state index in [9.17, 15) is 0 Å². The Hall–Kier alpha value is -1.35. The predicted octanol–water partition coefficient (Wildman–Crippen LogP) is 3.32. The van der Waals surface area contributed by atoms with Gasteiger partial charge in [-0.05, 0) is 24.1 Å². The number of unbranched alkanes of at least 4 members (excludes halogenated alkanes) is 1. The summed E-state index contributed by atoms with van der Waals surface area (Å²) in [7, 11) is 0. The molecule has 0 amide bonds. The highest BCUT2D eigenvalue weighted by Crippen LogP contribution is 2.22. The van der Waals surface area contributed by atoms with E-state index in [0.717, 1.165) is 22.4 Å². The average molecular weight is 231 g/mol. The molecule has 1 aromatic carbocycles. The lowest BCUT2D eigenvalue weighted by atomic mass is 10.0. The fourth-order valence-electron chi connectivity index (χ4n) is 2.08. The van der Waals surface area contributed by atoms with Crippen molar-refractivity contribution in [2.24, 2.45) is 5.73 Å². The normalized spacial score (nSPS) is 13.1. The highest BCUT2D eigenvalue weighted by Gasteiger charge is 2.10. The summed E-state index contributed by atoms with van der Waals surface area (Å²) in [6, 6.07) is 6.19. The van der Waals surface area contributed by atoms with Crippen LogP contribution in [0.5, 0.6) is 0 Å². The lowest BCUT2D eigenvalue weighted by molar-refractivity contribution is 0.602. The summed E-state index contributed by atoms with van der Waals surface area (Å²) in [5, 5.41) is 0. The van der Waals surface area contributed by atoms with Gasteiger partial charge in [-0.1, -0.05) is 32.8 Å². The van der Waals surface area contributed by atoms with E-state index in [2.05, 4.69) is 29.9 Å². The SMILES string of the molecule is CCCCC(C)c1nc2ccc(CN)cc2[nH]1. The smallest absolute Gasteiger partial charge is 0.110 e.